The van der Waals surface area contributed by atoms with Gasteiger partial charge in [0.05, 0.1) is 0 Å². The normalized spacial score (nSPS) is 11.1. The average molecular weight is 204 g/mol. The summed E-state index contributed by atoms with van der Waals surface area (Å²) in [6.07, 6.45) is 9.43. The highest BCUT2D eigenvalue weighted by Gasteiger charge is 1.95. The zero-order chi connectivity index (χ0) is 10.9. The number of allylic oxidation sites excluding steroid dienone is 2. The third-order valence-electron chi connectivity index (χ3n) is 2.35. The molecule has 0 atom stereocenters. The number of aryl methyl sites for hydroxylation is 1. The van der Waals surface area contributed by atoms with Crippen LogP contribution in [0.4, 0.5) is 0 Å². The van der Waals surface area contributed by atoms with Gasteiger partial charge in [0.25, 0.3) is 0 Å². The molecule has 0 spiro atoms. The van der Waals surface area contributed by atoms with Crippen molar-refractivity contribution in [1.29, 1.82) is 0 Å². The van der Waals surface area contributed by atoms with Gasteiger partial charge in [-0.25, -0.2) is 0 Å². The van der Waals surface area contributed by atoms with E-state index in [1.54, 1.807) is 0 Å². The van der Waals surface area contributed by atoms with Crippen LogP contribution in [0.3, 0.4) is 0 Å². The Labute approximate surface area is 92.4 Å². The fourth-order valence-corrected chi connectivity index (χ4v) is 1.42. The van der Waals surface area contributed by atoms with Gasteiger partial charge in [-0.1, -0.05) is 18.2 Å². The van der Waals surface area contributed by atoms with Gasteiger partial charge in [-0.3, -0.25) is 4.98 Å². The lowest BCUT2D eigenvalue weighted by Gasteiger charge is -2.02. The Bertz CT molecular complexity index is 288. The van der Waals surface area contributed by atoms with Crippen LogP contribution in [0, 0.1) is 0 Å². The maximum absolute atomic E-state index is 4.44. The summed E-state index contributed by atoms with van der Waals surface area (Å²) in [4.78, 5) is 4.44. The molecule has 0 aliphatic carbocycles. The molecule has 1 heterocycles. The topological polar surface area (TPSA) is 24.9 Å². The van der Waals surface area contributed by atoms with Crippen LogP contribution in [0.25, 0.3) is 0 Å². The van der Waals surface area contributed by atoms with Crippen LogP contribution in [0.5, 0.6) is 0 Å². The largest absolute Gasteiger partial charge is 0.319 e. The molecule has 0 aliphatic rings. The molecule has 1 N–H and O–H groups in total. The zero-order valence-electron chi connectivity index (χ0n) is 9.66. The summed E-state index contributed by atoms with van der Waals surface area (Å²) < 4.78 is 0. The second kappa shape index (κ2) is 7.18. The smallest absolute Gasteiger partial charge is 0.0406 e. The van der Waals surface area contributed by atoms with E-state index in [9.17, 15) is 0 Å². The van der Waals surface area contributed by atoms with Crippen molar-refractivity contribution in [2.75, 3.05) is 13.6 Å². The van der Waals surface area contributed by atoms with Crippen LogP contribution in [-0.2, 0) is 12.8 Å². The quantitative estimate of drug-likeness (QED) is 0.719. The lowest BCUT2D eigenvalue weighted by molar-refractivity contribution is 0.787. The highest BCUT2D eigenvalue weighted by atomic mass is 14.8. The van der Waals surface area contributed by atoms with Crippen LogP contribution < -0.4 is 5.32 Å². The Hall–Kier alpha value is -1.15. The van der Waals surface area contributed by atoms with Gasteiger partial charge in [0.15, 0.2) is 0 Å². The van der Waals surface area contributed by atoms with Gasteiger partial charge in [-0.15, -0.1) is 0 Å². The summed E-state index contributed by atoms with van der Waals surface area (Å²) in [7, 11) is 1.97. The van der Waals surface area contributed by atoms with Crippen LogP contribution in [0.1, 0.15) is 24.6 Å². The molecule has 0 aliphatic heterocycles. The Balaban J connectivity index is 2.41. The minimum absolute atomic E-state index is 1.01. The summed E-state index contributed by atoms with van der Waals surface area (Å²) in [6, 6.07) is 4.31. The number of nitrogens with zero attached hydrogens (tertiary/aromatic N) is 1. The molecule has 0 saturated heterocycles. The third-order valence-corrected chi connectivity index (χ3v) is 2.35. The summed E-state index contributed by atoms with van der Waals surface area (Å²) >= 11 is 0. The minimum Gasteiger partial charge on any atom is -0.319 e. The molecule has 82 valence electrons. The Morgan fingerprint density at radius 1 is 1.33 bits per heavy atom. The molecule has 0 saturated carbocycles. The molecule has 1 aromatic rings. The van der Waals surface area contributed by atoms with Gasteiger partial charge in [0.2, 0.25) is 0 Å². The van der Waals surface area contributed by atoms with Gasteiger partial charge in [-0.05, 0) is 51.4 Å². The fraction of sp³-hybridized carbons (Fsp3) is 0.462. The van der Waals surface area contributed by atoms with Crippen molar-refractivity contribution in [3.05, 3.63) is 41.7 Å². The Morgan fingerprint density at radius 2 is 2.20 bits per heavy atom. The summed E-state index contributed by atoms with van der Waals surface area (Å²) in [6.45, 7) is 3.06. The molecule has 2 heteroatoms. The van der Waals surface area contributed by atoms with Crippen LogP contribution in [0.2, 0.25) is 0 Å². The van der Waals surface area contributed by atoms with Crippen molar-refractivity contribution in [3.63, 3.8) is 0 Å². The van der Waals surface area contributed by atoms with Gasteiger partial charge < -0.3 is 5.32 Å². The van der Waals surface area contributed by atoms with Crippen LogP contribution >= 0.6 is 0 Å². The molecule has 2 nitrogen and oxygen atoms in total. The number of rotatable bonds is 6. The zero-order valence-corrected chi connectivity index (χ0v) is 9.66. The van der Waals surface area contributed by atoms with Gasteiger partial charge >= 0.3 is 0 Å². The number of hydrogen-bond acceptors (Lipinski definition) is 2. The lowest BCUT2D eigenvalue weighted by Crippen LogP contribution is -2.10. The molecule has 0 amide bonds. The number of pyridine rings is 1. The van der Waals surface area contributed by atoms with E-state index in [4.69, 9.17) is 0 Å². The molecular weight excluding hydrogens is 184 g/mol. The molecule has 0 radical (unpaired) electrons. The number of nitrogens with one attached hydrogen (secondary N) is 1. The SMILES string of the molecule is C/C=C\CCc1ccc(CCNC)cn1. The van der Waals surface area contributed by atoms with Crippen molar-refractivity contribution in [1.82, 2.24) is 10.3 Å². The van der Waals surface area contributed by atoms with Crippen LogP contribution in [0.15, 0.2) is 30.5 Å². The standard InChI is InChI=1S/C13H20N2/c1-3-4-5-6-13-8-7-12(11-15-13)9-10-14-2/h3-4,7-8,11,14H,5-6,9-10H2,1-2H3/b4-3-. The first-order valence-corrected chi connectivity index (χ1v) is 5.56. The molecule has 1 aromatic heterocycles. The van der Waals surface area contributed by atoms with Gasteiger partial charge in [0, 0.05) is 11.9 Å². The van der Waals surface area contributed by atoms with E-state index in [-0.39, 0.29) is 0 Å². The van der Waals surface area contributed by atoms with E-state index in [0.717, 1.165) is 25.8 Å². The second-order valence-corrected chi connectivity index (χ2v) is 3.62. The maximum Gasteiger partial charge on any atom is 0.0406 e. The van der Waals surface area contributed by atoms with E-state index in [1.165, 1.54) is 11.3 Å². The molecule has 0 fully saturated rings. The third kappa shape index (κ3) is 4.75. The molecule has 1 rings (SSSR count). The Morgan fingerprint density at radius 3 is 2.80 bits per heavy atom. The number of likely N-dealkylation sites (N-methyl/N-ethyl adjacent to an activating group) is 1. The van der Waals surface area contributed by atoms with Crippen molar-refractivity contribution in [3.8, 4) is 0 Å². The maximum atomic E-state index is 4.44. The predicted octanol–water partition coefficient (Wildman–Crippen LogP) is 2.35. The van der Waals surface area contributed by atoms with E-state index in [0.29, 0.717) is 0 Å². The Kier molecular flexibility index (Phi) is 5.71. The first-order chi connectivity index (χ1) is 7.36. The summed E-state index contributed by atoms with van der Waals surface area (Å²) in [5.41, 5.74) is 2.49. The van der Waals surface area contributed by atoms with Crippen molar-refractivity contribution in [2.45, 2.75) is 26.2 Å². The molecular formula is C13H20N2. The van der Waals surface area contributed by atoms with Crippen LogP contribution in [-0.4, -0.2) is 18.6 Å². The lowest BCUT2D eigenvalue weighted by atomic mass is 10.1. The van der Waals surface area contributed by atoms with Crippen molar-refractivity contribution in [2.24, 2.45) is 0 Å². The van der Waals surface area contributed by atoms with Crippen molar-refractivity contribution < 1.29 is 0 Å². The molecule has 0 aromatic carbocycles. The van der Waals surface area contributed by atoms with E-state index in [1.807, 2.05) is 20.2 Å². The predicted molar refractivity (Wildman–Crippen MR) is 65.0 cm³/mol. The minimum atomic E-state index is 1.01. The number of hydrogen-bond donors (Lipinski definition) is 1. The van der Waals surface area contributed by atoms with E-state index >= 15 is 0 Å². The van der Waals surface area contributed by atoms with E-state index < -0.39 is 0 Å². The fourth-order valence-electron chi connectivity index (χ4n) is 1.42. The highest BCUT2D eigenvalue weighted by Crippen LogP contribution is 2.03. The van der Waals surface area contributed by atoms with Gasteiger partial charge in [0.1, 0.15) is 0 Å². The average Bonchev–Trinajstić information content (AvgIpc) is 2.28. The van der Waals surface area contributed by atoms with E-state index in [2.05, 4.69) is 34.6 Å². The highest BCUT2D eigenvalue weighted by molar-refractivity contribution is 5.14. The monoisotopic (exact) mass is 204 g/mol. The first-order valence-electron chi connectivity index (χ1n) is 5.56. The molecule has 0 unspecified atom stereocenters. The summed E-state index contributed by atoms with van der Waals surface area (Å²) in [5, 5.41) is 3.14. The first kappa shape index (κ1) is 11.9. The number of aromatic nitrogens is 1. The second-order valence-electron chi connectivity index (χ2n) is 3.62. The molecule has 0 bridgehead atoms. The van der Waals surface area contributed by atoms with Crippen molar-refractivity contribution >= 4 is 0 Å². The molecule has 15 heavy (non-hydrogen) atoms. The van der Waals surface area contributed by atoms with Gasteiger partial charge in [-0.2, -0.15) is 0 Å². The summed E-state index contributed by atoms with van der Waals surface area (Å²) in [5.74, 6) is 0.